The van der Waals surface area contributed by atoms with Crippen LogP contribution >= 0.6 is 11.8 Å². The van der Waals surface area contributed by atoms with E-state index in [1.165, 1.54) is 60.0 Å². The lowest BCUT2D eigenvalue weighted by Crippen LogP contribution is -2.61. The molecule has 1 N–H and O–H groups in total. The minimum Gasteiger partial charge on any atom is -0.304 e. The summed E-state index contributed by atoms with van der Waals surface area (Å²) in [5.74, 6) is -1.99. The highest BCUT2D eigenvalue weighted by Crippen LogP contribution is 2.47. The maximum Gasteiger partial charge on any atom is 0.264 e. The Kier molecular flexibility index (Phi) is 6.24. The van der Waals surface area contributed by atoms with Gasteiger partial charge in [0.15, 0.2) is 4.87 Å². The number of nitrogens with one attached hydrogen (secondary N) is 1. The summed E-state index contributed by atoms with van der Waals surface area (Å²) in [5, 5.41) is -0.617. The van der Waals surface area contributed by atoms with Gasteiger partial charge in [-0.15, -0.1) is 11.8 Å². The molecule has 30 heavy (non-hydrogen) atoms. The van der Waals surface area contributed by atoms with Crippen LogP contribution in [-0.2, 0) is 14.8 Å². The first-order chi connectivity index (χ1) is 14.1. The van der Waals surface area contributed by atoms with Crippen molar-refractivity contribution in [2.45, 2.75) is 31.0 Å². The third kappa shape index (κ3) is 3.96. The summed E-state index contributed by atoms with van der Waals surface area (Å²) in [7, 11) is -4.32. The van der Waals surface area contributed by atoms with Gasteiger partial charge in [-0.1, -0.05) is 44.2 Å². The molecular weight excluding hydrogens is 427 g/mol. The molecule has 160 valence electrons. The summed E-state index contributed by atoms with van der Waals surface area (Å²) < 4.78 is 42.4. The van der Waals surface area contributed by atoms with Gasteiger partial charge in [-0.2, -0.15) is 0 Å². The van der Waals surface area contributed by atoms with Gasteiger partial charge in [0, 0.05) is 5.56 Å². The van der Waals surface area contributed by atoms with E-state index < -0.39 is 37.9 Å². The standard InChI is InChI=1S/C21H23FN2O4S2/c1-14(2)21(3,30(27,28)23-19(26)15-7-5-4-6-8-15)24-18(25)13-29-20(24)16-9-11-17(22)12-10-16/h4-12,14,20H,13H2,1-3H3,(H,23,26). The fourth-order valence-electron chi connectivity index (χ4n) is 3.37. The Bertz CT molecular complexity index is 1040. The molecule has 0 saturated carbocycles. The third-order valence-corrected chi connectivity index (χ3v) is 8.80. The van der Waals surface area contributed by atoms with Crippen LogP contribution in [0.15, 0.2) is 54.6 Å². The van der Waals surface area contributed by atoms with Crippen LogP contribution < -0.4 is 4.72 Å². The molecule has 2 unspecified atom stereocenters. The minimum atomic E-state index is -4.32. The SMILES string of the molecule is CC(C)C(C)(N1C(=O)CSC1c1ccc(F)cc1)S(=O)(=O)NC(=O)c1ccccc1. The van der Waals surface area contributed by atoms with E-state index in [9.17, 15) is 22.4 Å². The van der Waals surface area contributed by atoms with Crippen LogP contribution in [0.1, 0.15) is 42.1 Å². The number of hydrogen-bond acceptors (Lipinski definition) is 5. The number of halogens is 1. The van der Waals surface area contributed by atoms with E-state index in [1.807, 2.05) is 0 Å². The number of hydrogen-bond donors (Lipinski definition) is 1. The van der Waals surface area contributed by atoms with E-state index >= 15 is 0 Å². The summed E-state index contributed by atoms with van der Waals surface area (Å²) in [6.45, 7) is 4.81. The highest BCUT2D eigenvalue weighted by Gasteiger charge is 2.55. The largest absolute Gasteiger partial charge is 0.304 e. The maximum atomic E-state index is 13.4. The van der Waals surface area contributed by atoms with Crippen LogP contribution in [0.25, 0.3) is 0 Å². The molecule has 1 aliphatic heterocycles. The first-order valence-corrected chi connectivity index (χ1v) is 11.9. The van der Waals surface area contributed by atoms with Crippen molar-refractivity contribution in [2.24, 2.45) is 5.92 Å². The maximum absolute atomic E-state index is 13.4. The predicted octanol–water partition coefficient (Wildman–Crippen LogP) is 3.53. The molecular formula is C21H23FN2O4S2. The molecule has 2 atom stereocenters. The number of carbonyl (C=O) groups is 2. The van der Waals surface area contributed by atoms with Gasteiger partial charge in [-0.05, 0) is 42.7 Å². The van der Waals surface area contributed by atoms with Gasteiger partial charge in [-0.3, -0.25) is 9.59 Å². The van der Waals surface area contributed by atoms with Gasteiger partial charge < -0.3 is 4.90 Å². The molecule has 1 fully saturated rings. The fraction of sp³-hybridized carbons (Fsp3) is 0.333. The summed E-state index contributed by atoms with van der Waals surface area (Å²) in [6.07, 6.45) is 0. The molecule has 0 bridgehead atoms. The zero-order chi connectivity index (χ0) is 22.1. The zero-order valence-electron chi connectivity index (χ0n) is 16.8. The average molecular weight is 451 g/mol. The van der Waals surface area contributed by atoms with Crippen LogP contribution in [0.3, 0.4) is 0 Å². The molecule has 3 rings (SSSR count). The Morgan fingerprint density at radius 3 is 2.33 bits per heavy atom. The molecule has 0 spiro atoms. The Labute approximate surface area is 179 Å². The van der Waals surface area contributed by atoms with Gasteiger partial charge >= 0.3 is 0 Å². The van der Waals surface area contributed by atoms with Gasteiger partial charge in [0.1, 0.15) is 11.2 Å². The first-order valence-electron chi connectivity index (χ1n) is 9.39. The summed E-state index contributed by atoms with van der Waals surface area (Å²) >= 11 is 1.27. The van der Waals surface area contributed by atoms with Crippen molar-refractivity contribution in [3.05, 3.63) is 71.5 Å². The number of nitrogens with zero attached hydrogens (tertiary/aromatic N) is 1. The molecule has 2 aromatic carbocycles. The molecule has 0 aromatic heterocycles. The molecule has 1 heterocycles. The van der Waals surface area contributed by atoms with Crippen LogP contribution in [-0.4, -0.2) is 35.8 Å². The normalized spacial score (nSPS) is 19.0. The predicted molar refractivity (Wildman–Crippen MR) is 115 cm³/mol. The topological polar surface area (TPSA) is 83.6 Å². The molecule has 9 heteroatoms. The number of carbonyl (C=O) groups excluding carboxylic acids is 2. The monoisotopic (exact) mass is 450 g/mol. The second kappa shape index (κ2) is 8.39. The van der Waals surface area contributed by atoms with Gasteiger partial charge in [0.05, 0.1) is 5.75 Å². The van der Waals surface area contributed by atoms with Crippen molar-refractivity contribution in [2.75, 3.05) is 5.75 Å². The smallest absolute Gasteiger partial charge is 0.264 e. The van der Waals surface area contributed by atoms with E-state index in [0.29, 0.717) is 5.56 Å². The Balaban J connectivity index is 2.01. The Morgan fingerprint density at radius 1 is 1.17 bits per heavy atom. The van der Waals surface area contributed by atoms with Crippen LogP contribution in [0.5, 0.6) is 0 Å². The van der Waals surface area contributed by atoms with Crippen molar-refractivity contribution < 1.29 is 22.4 Å². The van der Waals surface area contributed by atoms with E-state index in [1.54, 1.807) is 32.0 Å². The van der Waals surface area contributed by atoms with Crippen molar-refractivity contribution in [3.63, 3.8) is 0 Å². The summed E-state index contributed by atoms with van der Waals surface area (Å²) in [4.78, 5) is 25.0. The van der Waals surface area contributed by atoms with E-state index in [2.05, 4.69) is 4.72 Å². The van der Waals surface area contributed by atoms with Gasteiger partial charge in [-0.25, -0.2) is 17.5 Å². The summed E-state index contributed by atoms with van der Waals surface area (Å²) in [5.41, 5.74) is 0.813. The molecule has 0 radical (unpaired) electrons. The van der Waals surface area contributed by atoms with Crippen LogP contribution in [0.4, 0.5) is 4.39 Å². The average Bonchev–Trinajstić information content (AvgIpc) is 3.09. The molecule has 1 saturated heterocycles. The van der Waals surface area contributed by atoms with Crippen LogP contribution in [0, 0.1) is 11.7 Å². The van der Waals surface area contributed by atoms with E-state index in [0.717, 1.165) is 0 Å². The highest BCUT2D eigenvalue weighted by atomic mass is 32.2. The fourth-order valence-corrected chi connectivity index (χ4v) is 6.37. The lowest BCUT2D eigenvalue weighted by molar-refractivity contribution is -0.132. The number of thioether (sulfide) groups is 1. The Morgan fingerprint density at radius 2 is 1.77 bits per heavy atom. The molecule has 6 nitrogen and oxygen atoms in total. The van der Waals surface area contributed by atoms with Crippen molar-refractivity contribution >= 4 is 33.6 Å². The van der Waals surface area contributed by atoms with Gasteiger partial charge in [0.2, 0.25) is 5.91 Å². The van der Waals surface area contributed by atoms with Gasteiger partial charge in [0.25, 0.3) is 15.9 Å². The number of benzene rings is 2. The lowest BCUT2D eigenvalue weighted by atomic mass is 10.0. The van der Waals surface area contributed by atoms with Crippen molar-refractivity contribution in [1.82, 2.24) is 9.62 Å². The second-order valence-electron chi connectivity index (χ2n) is 7.49. The van der Waals surface area contributed by atoms with E-state index in [-0.39, 0.29) is 17.2 Å². The molecule has 2 amide bonds. The van der Waals surface area contributed by atoms with Crippen molar-refractivity contribution in [1.29, 1.82) is 0 Å². The van der Waals surface area contributed by atoms with E-state index in [4.69, 9.17) is 0 Å². The first kappa shape index (κ1) is 22.3. The van der Waals surface area contributed by atoms with Crippen molar-refractivity contribution in [3.8, 4) is 0 Å². The second-order valence-corrected chi connectivity index (χ2v) is 10.6. The molecule has 2 aromatic rings. The highest BCUT2D eigenvalue weighted by molar-refractivity contribution is 8.00. The third-order valence-electron chi connectivity index (χ3n) is 5.38. The summed E-state index contributed by atoms with van der Waals surface area (Å²) in [6, 6.07) is 13.6. The Hall–Kier alpha value is -2.39. The zero-order valence-corrected chi connectivity index (χ0v) is 18.5. The number of sulfonamides is 1. The number of amides is 2. The number of rotatable bonds is 6. The lowest BCUT2D eigenvalue weighted by Gasteiger charge is -2.43. The minimum absolute atomic E-state index is 0.0898. The quantitative estimate of drug-likeness (QED) is 0.728. The molecule has 1 aliphatic rings. The molecule has 0 aliphatic carbocycles. The van der Waals surface area contributed by atoms with Crippen LogP contribution in [0.2, 0.25) is 0 Å².